The van der Waals surface area contributed by atoms with Crippen LogP contribution in [-0.2, 0) is 22.7 Å². The minimum atomic E-state index is -0.524. The fourth-order valence-corrected chi connectivity index (χ4v) is 4.05. The summed E-state index contributed by atoms with van der Waals surface area (Å²) >= 11 is 1.32. The Bertz CT molecular complexity index is 957. The van der Waals surface area contributed by atoms with Gasteiger partial charge >= 0.3 is 6.03 Å². The molecule has 0 radical (unpaired) electrons. The van der Waals surface area contributed by atoms with Gasteiger partial charge in [0.05, 0.1) is 24.2 Å². The van der Waals surface area contributed by atoms with Crippen LogP contribution in [0.15, 0.2) is 29.9 Å². The number of nitrogens with zero attached hydrogens (tertiary/aromatic N) is 2. The standard InChI is InChI=1S/C19H18N4O4S/c24-13-3-4-15(16(25)6-13)23-9-12-2-1-11(5-14(12)18(23)26)7-21-19(27)22-17-8-20-10-28-17/h1-2,5,8,10,15H,3-4,6-7,9H2,(H2,21,22,27). The largest absolute Gasteiger partial charge is 0.334 e. The lowest BCUT2D eigenvalue weighted by atomic mass is 9.92. The lowest BCUT2D eigenvalue weighted by Gasteiger charge is -2.29. The first-order valence-electron chi connectivity index (χ1n) is 8.92. The molecule has 1 aliphatic carbocycles. The summed E-state index contributed by atoms with van der Waals surface area (Å²) in [6, 6.07) is 4.58. The van der Waals surface area contributed by atoms with Gasteiger partial charge in [-0.05, 0) is 23.6 Å². The Morgan fingerprint density at radius 3 is 2.89 bits per heavy atom. The normalized spacial score (nSPS) is 18.9. The van der Waals surface area contributed by atoms with Gasteiger partial charge in [0.15, 0.2) is 5.78 Å². The minimum Gasteiger partial charge on any atom is -0.334 e. The zero-order valence-electron chi connectivity index (χ0n) is 14.9. The highest BCUT2D eigenvalue weighted by atomic mass is 32.1. The molecule has 3 amide bonds. The zero-order chi connectivity index (χ0) is 19.7. The first-order valence-corrected chi connectivity index (χ1v) is 9.80. The van der Waals surface area contributed by atoms with Crippen LogP contribution in [0.4, 0.5) is 9.80 Å². The van der Waals surface area contributed by atoms with E-state index in [0.717, 1.165) is 11.1 Å². The molecule has 0 spiro atoms. The Hall–Kier alpha value is -3.07. The van der Waals surface area contributed by atoms with E-state index >= 15 is 0 Å². The minimum absolute atomic E-state index is 0.0598. The lowest BCUT2D eigenvalue weighted by molar-refractivity contribution is -0.133. The molecule has 144 valence electrons. The number of carbonyl (C=O) groups is 4. The number of carbonyl (C=O) groups excluding carboxylic acids is 4. The van der Waals surface area contributed by atoms with E-state index in [9.17, 15) is 19.2 Å². The third kappa shape index (κ3) is 3.65. The van der Waals surface area contributed by atoms with Crippen molar-refractivity contribution >= 4 is 39.8 Å². The fraction of sp³-hybridized carbons (Fsp3) is 0.316. The molecule has 2 aromatic rings. The van der Waals surface area contributed by atoms with E-state index in [2.05, 4.69) is 15.6 Å². The number of hydrogen-bond acceptors (Lipinski definition) is 6. The van der Waals surface area contributed by atoms with Crippen molar-refractivity contribution in [1.82, 2.24) is 15.2 Å². The average Bonchev–Trinajstić information content (AvgIpc) is 3.28. The first-order chi connectivity index (χ1) is 13.5. The molecular formula is C19H18N4O4S. The van der Waals surface area contributed by atoms with Crippen molar-refractivity contribution in [3.05, 3.63) is 46.6 Å². The van der Waals surface area contributed by atoms with Crippen LogP contribution < -0.4 is 10.6 Å². The second-order valence-electron chi connectivity index (χ2n) is 6.83. The van der Waals surface area contributed by atoms with E-state index in [4.69, 9.17) is 0 Å². The van der Waals surface area contributed by atoms with Crippen LogP contribution in [0.25, 0.3) is 0 Å². The molecule has 0 bridgehead atoms. The molecule has 2 heterocycles. The molecule has 28 heavy (non-hydrogen) atoms. The van der Waals surface area contributed by atoms with Crippen molar-refractivity contribution < 1.29 is 19.2 Å². The number of thiazole rings is 1. The Morgan fingerprint density at radius 1 is 1.29 bits per heavy atom. The summed E-state index contributed by atoms with van der Waals surface area (Å²) < 4.78 is 0. The predicted molar refractivity (Wildman–Crippen MR) is 102 cm³/mol. The Kier molecular flexibility index (Phi) is 4.91. The maximum absolute atomic E-state index is 12.8. The number of fused-ring (bicyclic) bond motifs is 1. The maximum atomic E-state index is 12.8. The molecule has 1 aliphatic heterocycles. The van der Waals surface area contributed by atoms with Crippen LogP contribution in [0.3, 0.4) is 0 Å². The van der Waals surface area contributed by atoms with Crippen molar-refractivity contribution in [3.63, 3.8) is 0 Å². The van der Waals surface area contributed by atoms with Crippen LogP contribution in [-0.4, -0.2) is 39.4 Å². The molecule has 0 saturated heterocycles. The Morgan fingerprint density at radius 2 is 2.14 bits per heavy atom. The smallest absolute Gasteiger partial charge is 0.320 e. The number of ketones is 2. The molecule has 1 aromatic heterocycles. The van der Waals surface area contributed by atoms with E-state index < -0.39 is 6.04 Å². The van der Waals surface area contributed by atoms with Crippen LogP contribution >= 0.6 is 11.3 Å². The molecule has 1 aromatic carbocycles. The third-order valence-electron chi connectivity index (χ3n) is 4.94. The van der Waals surface area contributed by atoms with Gasteiger partial charge in [-0.1, -0.05) is 12.1 Å². The highest BCUT2D eigenvalue weighted by Crippen LogP contribution is 2.29. The molecule has 1 saturated carbocycles. The number of anilines is 1. The van der Waals surface area contributed by atoms with E-state index in [-0.39, 0.29) is 36.5 Å². The SMILES string of the molecule is O=C1CCC(N2Cc3ccc(CNC(=O)Nc4cncs4)cc3C2=O)C(=O)C1. The molecule has 1 fully saturated rings. The number of amides is 3. The molecule has 1 unspecified atom stereocenters. The lowest BCUT2D eigenvalue weighted by Crippen LogP contribution is -2.44. The third-order valence-corrected chi connectivity index (χ3v) is 5.63. The van der Waals surface area contributed by atoms with Crippen molar-refractivity contribution in [2.45, 2.75) is 38.4 Å². The quantitative estimate of drug-likeness (QED) is 0.767. The number of hydrogen-bond donors (Lipinski definition) is 2. The number of benzene rings is 1. The van der Waals surface area contributed by atoms with E-state index in [1.165, 1.54) is 11.3 Å². The molecule has 2 aliphatic rings. The average molecular weight is 398 g/mol. The van der Waals surface area contributed by atoms with Gasteiger partial charge in [-0.2, -0.15) is 0 Å². The van der Waals surface area contributed by atoms with Crippen LogP contribution in [0.2, 0.25) is 0 Å². The number of urea groups is 1. The van der Waals surface area contributed by atoms with Crippen molar-refractivity contribution in [3.8, 4) is 0 Å². The van der Waals surface area contributed by atoms with Gasteiger partial charge < -0.3 is 10.2 Å². The summed E-state index contributed by atoms with van der Waals surface area (Å²) in [6.45, 7) is 0.639. The van der Waals surface area contributed by atoms with E-state index in [1.54, 1.807) is 22.7 Å². The number of Topliss-reactive ketones (excluding diaryl/α,β-unsaturated/α-hetero) is 2. The molecule has 9 heteroatoms. The van der Waals surface area contributed by atoms with Gasteiger partial charge in [-0.3, -0.25) is 24.7 Å². The number of rotatable bonds is 4. The summed E-state index contributed by atoms with van der Waals surface area (Å²) in [5.74, 6) is -0.437. The highest BCUT2D eigenvalue weighted by Gasteiger charge is 2.38. The second-order valence-corrected chi connectivity index (χ2v) is 7.72. The zero-order valence-corrected chi connectivity index (χ0v) is 15.8. The highest BCUT2D eigenvalue weighted by molar-refractivity contribution is 7.13. The second kappa shape index (κ2) is 7.51. The van der Waals surface area contributed by atoms with Crippen LogP contribution in [0.1, 0.15) is 40.7 Å². The predicted octanol–water partition coefficient (Wildman–Crippen LogP) is 2.11. The Labute approximate surface area is 164 Å². The Balaban J connectivity index is 1.40. The van der Waals surface area contributed by atoms with Gasteiger partial charge in [0, 0.05) is 25.1 Å². The van der Waals surface area contributed by atoms with Gasteiger partial charge in [0.25, 0.3) is 5.91 Å². The topological polar surface area (TPSA) is 108 Å². The summed E-state index contributed by atoms with van der Waals surface area (Å²) in [6.07, 6.45) is 2.20. The van der Waals surface area contributed by atoms with E-state index in [0.29, 0.717) is 30.0 Å². The summed E-state index contributed by atoms with van der Waals surface area (Å²) in [7, 11) is 0. The fourth-order valence-electron chi connectivity index (χ4n) is 3.54. The number of aromatic nitrogens is 1. The van der Waals surface area contributed by atoms with Crippen LogP contribution in [0, 0.1) is 0 Å². The molecule has 4 rings (SSSR count). The van der Waals surface area contributed by atoms with Crippen molar-refractivity contribution in [2.24, 2.45) is 0 Å². The molecule has 2 N–H and O–H groups in total. The maximum Gasteiger partial charge on any atom is 0.320 e. The molecule has 1 atom stereocenters. The summed E-state index contributed by atoms with van der Waals surface area (Å²) in [5, 5.41) is 6.07. The van der Waals surface area contributed by atoms with Crippen molar-refractivity contribution in [1.29, 1.82) is 0 Å². The van der Waals surface area contributed by atoms with Gasteiger partial charge in [-0.15, -0.1) is 11.3 Å². The van der Waals surface area contributed by atoms with Gasteiger partial charge in [0.1, 0.15) is 10.8 Å². The monoisotopic (exact) mass is 398 g/mol. The number of nitrogens with one attached hydrogen (secondary N) is 2. The van der Waals surface area contributed by atoms with E-state index in [1.807, 2.05) is 12.1 Å². The van der Waals surface area contributed by atoms with Gasteiger partial charge in [-0.25, -0.2) is 4.79 Å². The summed E-state index contributed by atoms with van der Waals surface area (Å²) in [4.78, 5) is 53.8. The van der Waals surface area contributed by atoms with Crippen LogP contribution in [0.5, 0.6) is 0 Å². The van der Waals surface area contributed by atoms with Crippen molar-refractivity contribution in [2.75, 3.05) is 5.32 Å². The first kappa shape index (κ1) is 18.3. The molecular weight excluding hydrogens is 380 g/mol. The van der Waals surface area contributed by atoms with Gasteiger partial charge in [0.2, 0.25) is 0 Å². The summed E-state index contributed by atoms with van der Waals surface area (Å²) in [5.41, 5.74) is 3.82. The molecule has 8 nitrogen and oxygen atoms in total.